The highest BCUT2D eigenvalue weighted by Gasteiger charge is 2.32. The van der Waals surface area contributed by atoms with Gasteiger partial charge in [0.1, 0.15) is 0 Å². The lowest BCUT2D eigenvalue weighted by Crippen LogP contribution is -2.49. The van der Waals surface area contributed by atoms with Crippen molar-refractivity contribution in [3.63, 3.8) is 0 Å². The Morgan fingerprint density at radius 1 is 1.19 bits per heavy atom. The number of hydrogen-bond donors (Lipinski definition) is 0. The molecule has 7 heteroatoms. The number of amides is 1. The Morgan fingerprint density at radius 2 is 1.94 bits per heavy atom. The fourth-order valence-electron chi connectivity index (χ4n) is 4.60. The Hall–Kier alpha value is -2.25. The lowest BCUT2D eigenvalue weighted by Gasteiger charge is -2.35. The summed E-state index contributed by atoms with van der Waals surface area (Å²) in [5, 5.41) is 7.87. The van der Waals surface area contributed by atoms with Crippen LogP contribution in [0.5, 0.6) is 0 Å². The van der Waals surface area contributed by atoms with Gasteiger partial charge in [0.15, 0.2) is 5.65 Å². The van der Waals surface area contributed by atoms with Crippen LogP contribution in [0.3, 0.4) is 0 Å². The number of fused-ring (bicyclic) bond motifs is 1. The van der Waals surface area contributed by atoms with Gasteiger partial charge in [0.2, 0.25) is 0 Å². The molecule has 1 amide bonds. The Balaban J connectivity index is 1.38. The van der Waals surface area contributed by atoms with E-state index in [9.17, 15) is 4.79 Å². The zero-order chi connectivity index (χ0) is 22.5. The monoisotopic (exact) mass is 451 g/mol. The third-order valence-corrected chi connectivity index (χ3v) is 7.54. The van der Waals surface area contributed by atoms with Gasteiger partial charge in [-0.3, -0.25) is 9.69 Å². The normalized spacial score (nSPS) is 17.9. The SMILES string of the molecule is Cc1nn(C(C)(C)C)c2nc(C3CC3)cc(C(=O)N3CCN(CCc4cccs4)CC3)c12. The summed E-state index contributed by atoms with van der Waals surface area (Å²) < 4.78 is 2.00. The largest absolute Gasteiger partial charge is 0.336 e. The number of aryl methyl sites for hydroxylation is 1. The van der Waals surface area contributed by atoms with Crippen LogP contribution in [0.4, 0.5) is 0 Å². The first-order chi connectivity index (χ1) is 15.3. The van der Waals surface area contributed by atoms with E-state index in [1.165, 1.54) is 4.88 Å². The molecule has 0 aromatic carbocycles. The molecule has 3 aromatic heterocycles. The quantitative estimate of drug-likeness (QED) is 0.576. The van der Waals surface area contributed by atoms with Gasteiger partial charge in [-0.15, -0.1) is 11.3 Å². The molecule has 6 nitrogen and oxygen atoms in total. The summed E-state index contributed by atoms with van der Waals surface area (Å²) in [5.41, 5.74) is 3.41. The van der Waals surface area contributed by atoms with Gasteiger partial charge in [-0.25, -0.2) is 9.67 Å². The molecule has 1 aliphatic heterocycles. The van der Waals surface area contributed by atoms with Crippen LogP contribution < -0.4 is 0 Å². The van der Waals surface area contributed by atoms with E-state index in [-0.39, 0.29) is 11.4 Å². The minimum atomic E-state index is -0.184. The predicted octanol–water partition coefficient (Wildman–Crippen LogP) is 4.43. The van der Waals surface area contributed by atoms with Crippen LogP contribution >= 0.6 is 11.3 Å². The molecule has 170 valence electrons. The molecule has 0 radical (unpaired) electrons. The topological polar surface area (TPSA) is 54.3 Å². The number of pyridine rings is 1. The molecule has 0 atom stereocenters. The molecule has 0 bridgehead atoms. The van der Waals surface area contributed by atoms with Crippen LogP contribution in [-0.4, -0.2) is 63.2 Å². The number of aromatic nitrogens is 3. The van der Waals surface area contributed by atoms with Crippen molar-refractivity contribution in [3.8, 4) is 0 Å². The molecule has 2 fully saturated rings. The van der Waals surface area contributed by atoms with Crippen molar-refractivity contribution in [1.29, 1.82) is 0 Å². The lowest BCUT2D eigenvalue weighted by atomic mass is 10.0. The number of nitrogens with zero attached hydrogens (tertiary/aromatic N) is 5. The zero-order valence-corrected chi connectivity index (χ0v) is 20.4. The molecule has 0 N–H and O–H groups in total. The number of piperazine rings is 1. The molecule has 2 aliphatic rings. The summed E-state index contributed by atoms with van der Waals surface area (Å²) in [4.78, 5) is 24.6. The first-order valence-corrected chi connectivity index (χ1v) is 12.6. The van der Waals surface area contributed by atoms with Gasteiger partial charge in [-0.2, -0.15) is 5.10 Å². The maximum Gasteiger partial charge on any atom is 0.254 e. The molecule has 5 rings (SSSR count). The molecular weight excluding hydrogens is 418 g/mol. The van der Waals surface area contributed by atoms with Crippen molar-refractivity contribution < 1.29 is 4.79 Å². The number of rotatable bonds is 5. The minimum Gasteiger partial charge on any atom is -0.336 e. The summed E-state index contributed by atoms with van der Waals surface area (Å²) in [6.45, 7) is 12.9. The van der Waals surface area contributed by atoms with E-state index < -0.39 is 0 Å². The first kappa shape index (κ1) is 21.6. The van der Waals surface area contributed by atoms with E-state index in [0.717, 1.165) is 80.0 Å². The average Bonchev–Trinajstić information content (AvgIpc) is 3.38. The van der Waals surface area contributed by atoms with E-state index in [1.807, 2.05) is 27.8 Å². The zero-order valence-electron chi connectivity index (χ0n) is 19.6. The van der Waals surface area contributed by atoms with Crippen molar-refractivity contribution in [2.24, 2.45) is 0 Å². The van der Waals surface area contributed by atoms with Crippen molar-refractivity contribution >= 4 is 28.3 Å². The van der Waals surface area contributed by atoms with Crippen molar-refractivity contribution in [1.82, 2.24) is 24.6 Å². The number of hydrogen-bond acceptors (Lipinski definition) is 5. The Morgan fingerprint density at radius 3 is 2.56 bits per heavy atom. The molecule has 1 saturated carbocycles. The summed E-state index contributed by atoms with van der Waals surface area (Å²) >= 11 is 1.82. The standard InChI is InChI=1S/C25H33N5OS/c1-17-22-20(16-21(18-7-8-18)26-23(22)30(27-17)25(2,3)4)24(31)29-13-11-28(12-14-29)10-9-19-6-5-15-32-19/h5-6,15-16,18H,7-14H2,1-4H3. The van der Waals surface area contributed by atoms with Crippen LogP contribution in [0.2, 0.25) is 0 Å². The Kier molecular flexibility index (Phi) is 5.58. The second kappa shape index (κ2) is 8.27. The second-order valence-corrected chi connectivity index (χ2v) is 11.2. The van der Waals surface area contributed by atoms with Crippen molar-refractivity contribution in [3.05, 3.63) is 45.4 Å². The fraction of sp³-hybridized carbons (Fsp3) is 0.560. The number of carbonyl (C=O) groups excluding carboxylic acids is 1. The highest BCUT2D eigenvalue weighted by Crippen LogP contribution is 2.41. The number of thiophene rings is 1. The maximum atomic E-state index is 13.7. The van der Waals surface area contributed by atoms with Crippen LogP contribution in [0.1, 0.15) is 66.2 Å². The minimum absolute atomic E-state index is 0.133. The third kappa shape index (κ3) is 4.20. The van der Waals surface area contributed by atoms with Gasteiger partial charge in [-0.1, -0.05) is 6.07 Å². The van der Waals surface area contributed by atoms with Crippen molar-refractivity contribution in [2.75, 3.05) is 32.7 Å². The van der Waals surface area contributed by atoms with E-state index in [4.69, 9.17) is 10.1 Å². The summed E-state index contributed by atoms with van der Waals surface area (Å²) in [5.74, 6) is 0.623. The van der Waals surface area contributed by atoms with E-state index in [2.05, 4.69) is 49.3 Å². The first-order valence-electron chi connectivity index (χ1n) is 11.8. The Labute approximate surface area is 194 Å². The highest BCUT2D eigenvalue weighted by molar-refractivity contribution is 7.09. The Bertz CT molecular complexity index is 1120. The molecule has 4 heterocycles. The van der Waals surface area contributed by atoms with Gasteiger partial charge in [0, 0.05) is 49.2 Å². The van der Waals surface area contributed by atoms with Crippen LogP contribution in [-0.2, 0) is 12.0 Å². The van der Waals surface area contributed by atoms with Gasteiger partial charge in [0.05, 0.1) is 22.2 Å². The highest BCUT2D eigenvalue weighted by atomic mass is 32.1. The van der Waals surface area contributed by atoms with E-state index in [1.54, 1.807) is 0 Å². The summed E-state index contributed by atoms with van der Waals surface area (Å²) in [6.07, 6.45) is 3.42. The molecular formula is C25H33N5OS. The van der Waals surface area contributed by atoms with Gasteiger partial charge < -0.3 is 4.90 Å². The van der Waals surface area contributed by atoms with Gasteiger partial charge in [0.25, 0.3) is 5.91 Å². The average molecular weight is 452 g/mol. The smallest absolute Gasteiger partial charge is 0.254 e. The van der Waals surface area contributed by atoms with Gasteiger partial charge >= 0.3 is 0 Å². The molecule has 3 aromatic rings. The van der Waals surface area contributed by atoms with Crippen LogP contribution in [0.15, 0.2) is 23.6 Å². The lowest BCUT2D eigenvalue weighted by molar-refractivity contribution is 0.0640. The second-order valence-electron chi connectivity index (χ2n) is 10.2. The van der Waals surface area contributed by atoms with Crippen LogP contribution in [0.25, 0.3) is 11.0 Å². The van der Waals surface area contributed by atoms with Crippen molar-refractivity contribution in [2.45, 2.75) is 58.4 Å². The molecule has 0 unspecified atom stereocenters. The fourth-order valence-corrected chi connectivity index (χ4v) is 5.30. The number of carbonyl (C=O) groups is 1. The summed E-state index contributed by atoms with van der Waals surface area (Å²) in [6, 6.07) is 6.38. The molecule has 0 spiro atoms. The van der Waals surface area contributed by atoms with Gasteiger partial charge in [-0.05, 0) is 64.5 Å². The summed E-state index contributed by atoms with van der Waals surface area (Å²) in [7, 11) is 0. The van der Waals surface area contributed by atoms with E-state index in [0.29, 0.717) is 5.92 Å². The molecule has 1 aliphatic carbocycles. The molecule has 1 saturated heterocycles. The molecule has 32 heavy (non-hydrogen) atoms. The third-order valence-electron chi connectivity index (χ3n) is 6.61. The van der Waals surface area contributed by atoms with Crippen LogP contribution in [0, 0.1) is 6.92 Å². The maximum absolute atomic E-state index is 13.7. The van der Waals surface area contributed by atoms with E-state index >= 15 is 0 Å². The predicted molar refractivity (Wildman–Crippen MR) is 130 cm³/mol.